The summed E-state index contributed by atoms with van der Waals surface area (Å²) < 4.78 is 28.6. The quantitative estimate of drug-likeness (QED) is 0.831. The van der Waals surface area contributed by atoms with Gasteiger partial charge in [-0.05, 0) is 48.9 Å². The molecule has 1 fully saturated rings. The highest BCUT2D eigenvalue weighted by atomic mass is 79.9. The third kappa shape index (κ3) is 3.67. The van der Waals surface area contributed by atoms with Crippen LogP contribution in [0.2, 0.25) is 0 Å². The Hall–Kier alpha value is -0.430. The van der Waals surface area contributed by atoms with Crippen LogP contribution in [-0.4, -0.2) is 25.3 Å². The van der Waals surface area contributed by atoms with Gasteiger partial charge >= 0.3 is 0 Å². The van der Waals surface area contributed by atoms with Gasteiger partial charge in [-0.1, -0.05) is 29.8 Å². The van der Waals surface area contributed by atoms with Gasteiger partial charge in [0, 0.05) is 23.6 Å². The minimum Gasteiger partial charge on any atom is -0.326 e. The summed E-state index contributed by atoms with van der Waals surface area (Å²) in [6, 6.07) is 3.76. The summed E-state index contributed by atoms with van der Waals surface area (Å²) in [6.45, 7) is 6.82. The molecular weight excluding hydrogens is 352 g/mol. The number of hydrogen-bond donors (Lipinski definition) is 1. The Morgan fingerprint density at radius 2 is 2.00 bits per heavy atom. The van der Waals surface area contributed by atoms with E-state index in [1.807, 2.05) is 26.8 Å². The van der Waals surface area contributed by atoms with Gasteiger partial charge in [0.2, 0.25) is 10.0 Å². The fourth-order valence-electron chi connectivity index (χ4n) is 2.38. The molecule has 6 heteroatoms. The SMILES string of the molecule is Cc1c(Br)cc(CN)cc1S(=O)(=O)N(CC(C)C)C1CC1. The van der Waals surface area contributed by atoms with E-state index in [4.69, 9.17) is 5.73 Å². The molecule has 0 heterocycles. The molecule has 0 aromatic heterocycles. The van der Waals surface area contributed by atoms with Gasteiger partial charge in [-0.25, -0.2) is 8.42 Å². The Bertz CT molecular complexity index is 625. The molecule has 2 N–H and O–H groups in total. The number of halogens is 1. The van der Waals surface area contributed by atoms with Crippen LogP contribution in [0.1, 0.15) is 37.8 Å². The second kappa shape index (κ2) is 6.36. The van der Waals surface area contributed by atoms with Gasteiger partial charge in [0.15, 0.2) is 0 Å². The molecule has 0 bridgehead atoms. The van der Waals surface area contributed by atoms with Gasteiger partial charge in [0.1, 0.15) is 0 Å². The van der Waals surface area contributed by atoms with Crippen LogP contribution in [0.4, 0.5) is 0 Å². The third-order valence-electron chi connectivity index (χ3n) is 3.68. The molecular formula is C15H23BrN2O2S. The minimum atomic E-state index is -3.47. The lowest BCUT2D eigenvalue weighted by Crippen LogP contribution is -2.36. The van der Waals surface area contributed by atoms with E-state index < -0.39 is 10.0 Å². The summed E-state index contributed by atoms with van der Waals surface area (Å²) in [5.74, 6) is 0.307. The van der Waals surface area contributed by atoms with Crippen molar-refractivity contribution >= 4 is 26.0 Å². The Balaban J connectivity index is 2.49. The number of hydrogen-bond acceptors (Lipinski definition) is 3. The maximum Gasteiger partial charge on any atom is 0.243 e. The molecule has 0 amide bonds. The molecule has 1 aromatic carbocycles. The number of benzene rings is 1. The van der Waals surface area contributed by atoms with Crippen LogP contribution < -0.4 is 5.73 Å². The lowest BCUT2D eigenvalue weighted by molar-refractivity contribution is 0.360. The molecule has 21 heavy (non-hydrogen) atoms. The number of sulfonamides is 1. The number of nitrogens with zero attached hydrogens (tertiary/aromatic N) is 1. The van der Waals surface area contributed by atoms with Crippen molar-refractivity contribution in [2.45, 2.75) is 51.1 Å². The minimum absolute atomic E-state index is 0.164. The Kier molecular flexibility index (Phi) is 5.13. The van der Waals surface area contributed by atoms with Gasteiger partial charge in [-0.2, -0.15) is 4.31 Å². The molecule has 0 aliphatic heterocycles. The molecule has 1 aromatic rings. The van der Waals surface area contributed by atoms with Crippen LogP contribution in [0.15, 0.2) is 21.5 Å². The highest BCUT2D eigenvalue weighted by Gasteiger charge is 2.39. The molecule has 1 saturated carbocycles. The fraction of sp³-hybridized carbons (Fsp3) is 0.600. The number of nitrogens with two attached hydrogens (primary N) is 1. The standard InChI is InChI=1S/C15H23BrN2O2S/c1-10(2)9-18(13-4-5-13)21(19,20)15-7-12(8-17)6-14(16)11(15)3/h6-7,10,13H,4-5,8-9,17H2,1-3H3. The number of rotatable bonds is 6. The van der Waals surface area contributed by atoms with Crippen LogP contribution in [0.3, 0.4) is 0 Å². The van der Waals surface area contributed by atoms with Gasteiger partial charge in [-0.3, -0.25) is 0 Å². The van der Waals surface area contributed by atoms with E-state index in [-0.39, 0.29) is 6.04 Å². The predicted molar refractivity (Wildman–Crippen MR) is 88.5 cm³/mol. The summed E-state index contributed by atoms with van der Waals surface area (Å²) in [5.41, 5.74) is 7.26. The van der Waals surface area contributed by atoms with E-state index in [0.29, 0.717) is 23.9 Å². The maximum atomic E-state index is 13.1. The van der Waals surface area contributed by atoms with Gasteiger partial charge < -0.3 is 5.73 Å². The van der Waals surface area contributed by atoms with E-state index in [1.165, 1.54) is 0 Å². The first-order valence-electron chi connectivity index (χ1n) is 7.28. The topological polar surface area (TPSA) is 63.4 Å². The molecule has 118 valence electrons. The molecule has 0 radical (unpaired) electrons. The van der Waals surface area contributed by atoms with E-state index in [9.17, 15) is 8.42 Å². The monoisotopic (exact) mass is 374 g/mol. The zero-order valence-corrected chi connectivity index (χ0v) is 15.2. The van der Waals surface area contributed by atoms with Gasteiger partial charge in [0.25, 0.3) is 0 Å². The molecule has 0 unspecified atom stereocenters. The van der Waals surface area contributed by atoms with Gasteiger partial charge in [0.05, 0.1) is 4.90 Å². The summed E-state index contributed by atoms with van der Waals surface area (Å²) in [6.07, 6.45) is 1.92. The van der Waals surface area contributed by atoms with Crippen LogP contribution >= 0.6 is 15.9 Å². The highest BCUT2D eigenvalue weighted by molar-refractivity contribution is 9.10. The van der Waals surface area contributed by atoms with E-state index in [1.54, 1.807) is 10.4 Å². The molecule has 4 nitrogen and oxygen atoms in total. The smallest absolute Gasteiger partial charge is 0.243 e. The van der Waals surface area contributed by atoms with Crippen LogP contribution in [0.5, 0.6) is 0 Å². The molecule has 0 saturated heterocycles. The Morgan fingerprint density at radius 1 is 1.38 bits per heavy atom. The van der Waals surface area contributed by atoms with Crippen molar-refractivity contribution in [3.8, 4) is 0 Å². The first-order chi connectivity index (χ1) is 9.77. The summed E-state index contributed by atoms with van der Waals surface area (Å²) in [5, 5.41) is 0. The predicted octanol–water partition coefficient (Wildman–Crippen LogP) is 3.03. The van der Waals surface area contributed by atoms with Crippen molar-refractivity contribution in [3.63, 3.8) is 0 Å². The first-order valence-corrected chi connectivity index (χ1v) is 9.51. The van der Waals surface area contributed by atoms with E-state index in [0.717, 1.165) is 28.4 Å². The molecule has 0 spiro atoms. The normalized spacial score (nSPS) is 16.0. The van der Waals surface area contributed by atoms with Crippen LogP contribution in [0, 0.1) is 12.8 Å². The van der Waals surface area contributed by atoms with Crippen LogP contribution in [-0.2, 0) is 16.6 Å². The average Bonchev–Trinajstić information content (AvgIpc) is 3.22. The molecule has 1 aliphatic carbocycles. The van der Waals surface area contributed by atoms with Crippen molar-refractivity contribution < 1.29 is 8.42 Å². The first kappa shape index (κ1) is 16.9. The third-order valence-corrected chi connectivity index (χ3v) is 6.55. The van der Waals surface area contributed by atoms with Crippen LogP contribution in [0.25, 0.3) is 0 Å². The van der Waals surface area contributed by atoms with E-state index in [2.05, 4.69) is 15.9 Å². The van der Waals surface area contributed by atoms with Crippen molar-refractivity contribution in [2.24, 2.45) is 11.7 Å². The maximum absolute atomic E-state index is 13.1. The highest BCUT2D eigenvalue weighted by Crippen LogP contribution is 2.35. The van der Waals surface area contributed by atoms with Crippen molar-refractivity contribution in [2.75, 3.05) is 6.54 Å². The molecule has 1 aliphatic rings. The average molecular weight is 375 g/mol. The zero-order valence-electron chi connectivity index (χ0n) is 12.8. The fourth-order valence-corrected chi connectivity index (χ4v) is 5.17. The summed E-state index contributed by atoms with van der Waals surface area (Å²) in [4.78, 5) is 0.380. The lowest BCUT2D eigenvalue weighted by atomic mass is 10.1. The largest absolute Gasteiger partial charge is 0.326 e. The lowest BCUT2D eigenvalue weighted by Gasteiger charge is -2.25. The second-order valence-electron chi connectivity index (χ2n) is 6.10. The Labute approximate surface area is 135 Å². The van der Waals surface area contributed by atoms with Crippen molar-refractivity contribution in [1.82, 2.24) is 4.31 Å². The van der Waals surface area contributed by atoms with Crippen molar-refractivity contribution in [1.29, 1.82) is 0 Å². The van der Waals surface area contributed by atoms with E-state index >= 15 is 0 Å². The summed E-state index contributed by atoms with van der Waals surface area (Å²) in [7, 11) is -3.47. The molecule has 0 atom stereocenters. The molecule has 2 rings (SSSR count). The van der Waals surface area contributed by atoms with Gasteiger partial charge in [-0.15, -0.1) is 0 Å². The Morgan fingerprint density at radius 3 is 2.48 bits per heavy atom. The summed E-state index contributed by atoms with van der Waals surface area (Å²) >= 11 is 3.44. The second-order valence-corrected chi connectivity index (χ2v) is 8.82. The van der Waals surface area contributed by atoms with Crippen molar-refractivity contribution in [3.05, 3.63) is 27.7 Å². The zero-order chi connectivity index (χ0) is 15.8.